The number of nitrogens with one attached hydrogen (secondary N) is 2. The van der Waals surface area contributed by atoms with Crippen molar-refractivity contribution in [2.75, 3.05) is 5.32 Å². The number of nitrogens with zero attached hydrogens (tertiary/aromatic N) is 1. The van der Waals surface area contributed by atoms with E-state index in [1.54, 1.807) is 12.1 Å². The molecule has 0 radical (unpaired) electrons. The van der Waals surface area contributed by atoms with E-state index < -0.39 is 0 Å². The van der Waals surface area contributed by atoms with Gasteiger partial charge in [-0.1, -0.05) is 17.3 Å². The number of carbonyl (C=O) groups is 1. The molecule has 0 fully saturated rings. The standard InChI is InChI=1S/C12H18N4O2/c1-7(2)14-12(17)15-9-6-4-5-8(3)10(9)11(13)16-18/h4-7,18H,1-3H3,(H2,13,16)(H2,14,15,17). The third kappa shape index (κ3) is 3.38. The lowest BCUT2D eigenvalue weighted by Crippen LogP contribution is -2.34. The van der Waals surface area contributed by atoms with Crippen molar-refractivity contribution >= 4 is 17.6 Å². The normalized spacial score (nSPS) is 11.4. The molecule has 5 N–H and O–H groups in total. The maximum absolute atomic E-state index is 11.6. The number of oxime groups is 1. The highest BCUT2D eigenvalue weighted by molar-refractivity contribution is 6.06. The Balaban J connectivity index is 3.02. The molecule has 0 aliphatic carbocycles. The van der Waals surface area contributed by atoms with E-state index in [2.05, 4.69) is 15.8 Å². The van der Waals surface area contributed by atoms with Crippen LogP contribution in [0.15, 0.2) is 23.4 Å². The van der Waals surface area contributed by atoms with Gasteiger partial charge in [-0.15, -0.1) is 0 Å². The average molecular weight is 250 g/mol. The Morgan fingerprint density at radius 2 is 2.11 bits per heavy atom. The summed E-state index contributed by atoms with van der Waals surface area (Å²) in [6, 6.07) is 5.00. The van der Waals surface area contributed by atoms with Crippen LogP contribution in [0.2, 0.25) is 0 Å². The van der Waals surface area contributed by atoms with E-state index in [-0.39, 0.29) is 17.9 Å². The van der Waals surface area contributed by atoms with Crippen molar-refractivity contribution in [1.82, 2.24) is 5.32 Å². The summed E-state index contributed by atoms with van der Waals surface area (Å²) in [6.45, 7) is 5.54. The van der Waals surface area contributed by atoms with Gasteiger partial charge in [-0.05, 0) is 32.4 Å². The van der Waals surface area contributed by atoms with E-state index in [4.69, 9.17) is 10.9 Å². The number of benzene rings is 1. The summed E-state index contributed by atoms with van der Waals surface area (Å²) >= 11 is 0. The third-order valence-electron chi connectivity index (χ3n) is 2.30. The number of amides is 2. The molecule has 1 aromatic rings. The Morgan fingerprint density at radius 1 is 1.44 bits per heavy atom. The number of anilines is 1. The first-order valence-electron chi connectivity index (χ1n) is 5.60. The molecule has 2 amide bonds. The van der Waals surface area contributed by atoms with Gasteiger partial charge in [-0.3, -0.25) is 0 Å². The zero-order valence-electron chi connectivity index (χ0n) is 10.7. The minimum Gasteiger partial charge on any atom is -0.409 e. The molecule has 6 nitrogen and oxygen atoms in total. The predicted octanol–water partition coefficient (Wildman–Crippen LogP) is 1.62. The van der Waals surface area contributed by atoms with Gasteiger partial charge in [0.05, 0.1) is 5.69 Å². The Bertz CT molecular complexity index is 469. The average Bonchev–Trinajstić information content (AvgIpc) is 2.27. The minimum atomic E-state index is -0.331. The Kier molecular flexibility index (Phi) is 4.53. The van der Waals surface area contributed by atoms with Gasteiger partial charge < -0.3 is 21.6 Å². The number of rotatable bonds is 3. The zero-order valence-corrected chi connectivity index (χ0v) is 10.7. The molecule has 1 aromatic carbocycles. The zero-order chi connectivity index (χ0) is 13.7. The van der Waals surface area contributed by atoms with E-state index in [0.717, 1.165) is 5.56 Å². The van der Waals surface area contributed by atoms with Crippen LogP contribution in [0.5, 0.6) is 0 Å². The minimum absolute atomic E-state index is 0.0297. The van der Waals surface area contributed by atoms with Crippen molar-refractivity contribution in [2.24, 2.45) is 10.9 Å². The molecule has 0 saturated heterocycles. The lowest BCUT2D eigenvalue weighted by molar-refractivity contribution is 0.250. The smallest absolute Gasteiger partial charge is 0.319 e. The van der Waals surface area contributed by atoms with E-state index in [1.165, 1.54) is 0 Å². The van der Waals surface area contributed by atoms with E-state index in [1.807, 2.05) is 26.8 Å². The second-order valence-electron chi connectivity index (χ2n) is 4.24. The molecule has 18 heavy (non-hydrogen) atoms. The van der Waals surface area contributed by atoms with Crippen LogP contribution in [-0.4, -0.2) is 23.1 Å². The van der Waals surface area contributed by atoms with Gasteiger partial charge in [0.25, 0.3) is 0 Å². The fourth-order valence-corrected chi connectivity index (χ4v) is 1.58. The fourth-order valence-electron chi connectivity index (χ4n) is 1.58. The number of urea groups is 1. The van der Waals surface area contributed by atoms with Crippen LogP contribution in [0.25, 0.3) is 0 Å². The Hall–Kier alpha value is -2.24. The van der Waals surface area contributed by atoms with Crippen molar-refractivity contribution in [3.05, 3.63) is 29.3 Å². The highest BCUT2D eigenvalue weighted by atomic mass is 16.4. The second-order valence-corrected chi connectivity index (χ2v) is 4.24. The monoisotopic (exact) mass is 250 g/mol. The van der Waals surface area contributed by atoms with Crippen molar-refractivity contribution < 1.29 is 10.0 Å². The summed E-state index contributed by atoms with van der Waals surface area (Å²) < 4.78 is 0. The van der Waals surface area contributed by atoms with Crippen LogP contribution in [-0.2, 0) is 0 Å². The number of carbonyl (C=O) groups excluding carboxylic acids is 1. The maximum Gasteiger partial charge on any atom is 0.319 e. The van der Waals surface area contributed by atoms with Crippen LogP contribution in [0.1, 0.15) is 25.0 Å². The molecule has 0 atom stereocenters. The van der Waals surface area contributed by atoms with E-state index >= 15 is 0 Å². The van der Waals surface area contributed by atoms with Gasteiger partial charge >= 0.3 is 6.03 Å². The first-order chi connectivity index (χ1) is 8.45. The molecule has 0 aromatic heterocycles. The summed E-state index contributed by atoms with van der Waals surface area (Å²) in [5.74, 6) is -0.0343. The van der Waals surface area contributed by atoms with Crippen LogP contribution in [0.4, 0.5) is 10.5 Å². The first-order valence-corrected chi connectivity index (χ1v) is 5.60. The molecule has 1 rings (SSSR count). The highest BCUT2D eigenvalue weighted by Crippen LogP contribution is 2.19. The molecule has 0 unspecified atom stereocenters. The second kappa shape index (κ2) is 5.90. The lowest BCUT2D eigenvalue weighted by Gasteiger charge is -2.14. The number of aryl methyl sites for hydroxylation is 1. The van der Waals surface area contributed by atoms with E-state index in [0.29, 0.717) is 11.3 Å². The quantitative estimate of drug-likeness (QED) is 0.284. The number of hydrogen-bond acceptors (Lipinski definition) is 3. The Morgan fingerprint density at radius 3 is 2.67 bits per heavy atom. The molecule has 0 aliphatic heterocycles. The third-order valence-corrected chi connectivity index (χ3v) is 2.30. The van der Waals surface area contributed by atoms with Gasteiger partial charge in [0, 0.05) is 11.6 Å². The Labute approximate surface area is 106 Å². The van der Waals surface area contributed by atoms with Crippen molar-refractivity contribution in [3.63, 3.8) is 0 Å². The summed E-state index contributed by atoms with van der Waals surface area (Å²) in [5, 5.41) is 17.1. The largest absolute Gasteiger partial charge is 0.409 e. The molecule has 0 saturated carbocycles. The molecule has 0 aliphatic rings. The molecule has 0 bridgehead atoms. The van der Waals surface area contributed by atoms with E-state index in [9.17, 15) is 4.79 Å². The van der Waals surface area contributed by atoms with Crippen molar-refractivity contribution in [2.45, 2.75) is 26.8 Å². The SMILES string of the molecule is Cc1cccc(NC(=O)NC(C)C)c1/C(N)=N/O. The summed E-state index contributed by atoms with van der Waals surface area (Å²) in [5.41, 5.74) is 7.43. The summed E-state index contributed by atoms with van der Waals surface area (Å²) in [7, 11) is 0. The van der Waals surface area contributed by atoms with Crippen LogP contribution in [0.3, 0.4) is 0 Å². The predicted molar refractivity (Wildman–Crippen MR) is 71.0 cm³/mol. The maximum atomic E-state index is 11.6. The molecule has 0 spiro atoms. The van der Waals surface area contributed by atoms with Gasteiger partial charge in [-0.2, -0.15) is 0 Å². The number of amidine groups is 1. The number of nitrogens with two attached hydrogens (primary N) is 1. The van der Waals surface area contributed by atoms with Crippen LogP contribution >= 0.6 is 0 Å². The molecular weight excluding hydrogens is 232 g/mol. The first kappa shape index (κ1) is 13.8. The summed E-state index contributed by atoms with van der Waals surface area (Å²) in [6.07, 6.45) is 0. The van der Waals surface area contributed by atoms with Gasteiger partial charge in [0.2, 0.25) is 0 Å². The van der Waals surface area contributed by atoms with Crippen molar-refractivity contribution in [1.29, 1.82) is 0 Å². The molecular formula is C12H18N4O2. The fraction of sp³-hybridized carbons (Fsp3) is 0.333. The molecule has 98 valence electrons. The van der Waals surface area contributed by atoms with Crippen LogP contribution in [0, 0.1) is 6.92 Å². The van der Waals surface area contributed by atoms with Gasteiger partial charge in [0.15, 0.2) is 5.84 Å². The van der Waals surface area contributed by atoms with Gasteiger partial charge in [-0.25, -0.2) is 4.79 Å². The van der Waals surface area contributed by atoms with Gasteiger partial charge in [0.1, 0.15) is 0 Å². The topological polar surface area (TPSA) is 99.7 Å². The lowest BCUT2D eigenvalue weighted by atomic mass is 10.1. The molecule has 0 heterocycles. The highest BCUT2D eigenvalue weighted by Gasteiger charge is 2.12. The number of hydrogen-bond donors (Lipinski definition) is 4. The molecule has 6 heteroatoms. The summed E-state index contributed by atoms with van der Waals surface area (Å²) in [4.78, 5) is 11.6. The van der Waals surface area contributed by atoms with Crippen LogP contribution < -0.4 is 16.4 Å². The van der Waals surface area contributed by atoms with Crippen molar-refractivity contribution in [3.8, 4) is 0 Å².